The largest absolute Gasteiger partial charge is 0.382 e. The summed E-state index contributed by atoms with van der Waals surface area (Å²) in [5.41, 5.74) is 6.00. The summed E-state index contributed by atoms with van der Waals surface area (Å²) in [6, 6.07) is 0. The predicted molar refractivity (Wildman–Crippen MR) is 50.3 cm³/mol. The minimum Gasteiger partial charge on any atom is -0.382 e. The number of carbonyl (C=O) groups excluding carboxylic acids is 1. The third-order valence-corrected chi connectivity index (χ3v) is 1.70. The van der Waals surface area contributed by atoms with Gasteiger partial charge in [-0.15, -0.1) is 0 Å². The minimum atomic E-state index is -0.167. The molecule has 0 atom stereocenters. The number of aryl methyl sites for hydroxylation is 1. The van der Waals surface area contributed by atoms with Crippen molar-refractivity contribution in [3.63, 3.8) is 0 Å². The molecule has 1 amide bonds. The number of amides is 1. The molecule has 0 radical (unpaired) electrons. The number of nitrogens with one attached hydrogen (secondary N) is 1. The van der Waals surface area contributed by atoms with Crippen LogP contribution >= 0.6 is 0 Å². The van der Waals surface area contributed by atoms with Gasteiger partial charge in [0.15, 0.2) is 5.82 Å². The second kappa shape index (κ2) is 3.93. The molecule has 0 aromatic carbocycles. The number of hydrogen-bond donors (Lipinski definition) is 2. The van der Waals surface area contributed by atoms with Gasteiger partial charge in [0.1, 0.15) is 5.56 Å². The molecule has 0 aliphatic heterocycles. The van der Waals surface area contributed by atoms with Crippen molar-refractivity contribution in [1.29, 1.82) is 0 Å². The van der Waals surface area contributed by atoms with Gasteiger partial charge in [-0.1, -0.05) is 0 Å². The van der Waals surface area contributed by atoms with Crippen molar-refractivity contribution in [2.24, 2.45) is 0 Å². The number of anilines is 1. The van der Waals surface area contributed by atoms with E-state index in [2.05, 4.69) is 10.4 Å². The quantitative estimate of drug-likeness (QED) is 0.703. The third-order valence-electron chi connectivity index (χ3n) is 1.70. The Labute approximate surface area is 76.9 Å². The van der Waals surface area contributed by atoms with Crippen LogP contribution in [-0.4, -0.2) is 22.2 Å². The molecule has 3 N–H and O–H groups in total. The molecule has 0 unspecified atom stereocenters. The molecular weight excluding hydrogens is 168 g/mol. The van der Waals surface area contributed by atoms with Crippen LogP contribution in [0.15, 0.2) is 6.20 Å². The van der Waals surface area contributed by atoms with Crippen LogP contribution in [0.3, 0.4) is 0 Å². The number of carbonyl (C=O) groups is 1. The fourth-order valence-electron chi connectivity index (χ4n) is 1.03. The lowest BCUT2D eigenvalue weighted by Gasteiger charge is -1.97. The number of nitrogens with two attached hydrogens (primary N) is 1. The molecule has 1 aromatic heterocycles. The lowest BCUT2D eigenvalue weighted by atomic mass is 10.3. The van der Waals surface area contributed by atoms with Gasteiger partial charge in [-0.25, -0.2) is 0 Å². The van der Waals surface area contributed by atoms with Crippen LogP contribution in [0.5, 0.6) is 0 Å². The van der Waals surface area contributed by atoms with Crippen LogP contribution in [0.1, 0.15) is 24.2 Å². The lowest BCUT2D eigenvalue weighted by molar-refractivity contribution is 0.0956. The molecule has 0 saturated carbocycles. The Hall–Kier alpha value is -1.52. The van der Waals surface area contributed by atoms with Crippen molar-refractivity contribution in [3.05, 3.63) is 11.8 Å². The Morgan fingerprint density at radius 2 is 2.38 bits per heavy atom. The van der Waals surface area contributed by atoms with Gasteiger partial charge in [-0.05, 0) is 13.8 Å². The Bertz CT molecular complexity index is 305. The van der Waals surface area contributed by atoms with Gasteiger partial charge in [0.25, 0.3) is 5.91 Å². The molecule has 0 bridgehead atoms. The molecule has 1 aromatic rings. The number of nitrogens with zero attached hydrogens (tertiary/aromatic N) is 2. The first-order chi connectivity index (χ1) is 6.19. The molecule has 0 fully saturated rings. The standard InChI is InChI=1S/C8H14N4O/c1-3-10-8(13)6-5-12(4-2)11-7(6)9/h5H,3-4H2,1-2H3,(H2,9,11)(H,10,13). The highest BCUT2D eigenvalue weighted by atomic mass is 16.1. The highest BCUT2D eigenvalue weighted by molar-refractivity contribution is 5.98. The van der Waals surface area contributed by atoms with Crippen LogP contribution in [0, 0.1) is 0 Å². The SMILES string of the molecule is CCNC(=O)c1cn(CC)nc1N. The first-order valence-corrected chi connectivity index (χ1v) is 4.30. The maximum absolute atomic E-state index is 11.4. The van der Waals surface area contributed by atoms with E-state index < -0.39 is 0 Å². The highest BCUT2D eigenvalue weighted by Gasteiger charge is 2.12. The van der Waals surface area contributed by atoms with E-state index in [0.29, 0.717) is 18.7 Å². The topological polar surface area (TPSA) is 72.9 Å². The van der Waals surface area contributed by atoms with Crippen molar-refractivity contribution in [3.8, 4) is 0 Å². The van der Waals surface area contributed by atoms with Gasteiger partial charge >= 0.3 is 0 Å². The maximum atomic E-state index is 11.4. The number of aromatic nitrogens is 2. The second-order valence-electron chi connectivity index (χ2n) is 2.64. The van der Waals surface area contributed by atoms with Crippen LogP contribution < -0.4 is 11.1 Å². The summed E-state index contributed by atoms with van der Waals surface area (Å²) >= 11 is 0. The Kier molecular flexibility index (Phi) is 2.89. The summed E-state index contributed by atoms with van der Waals surface area (Å²) < 4.78 is 1.64. The van der Waals surface area contributed by atoms with Crippen molar-refractivity contribution in [2.75, 3.05) is 12.3 Å². The molecule has 1 heterocycles. The zero-order valence-electron chi connectivity index (χ0n) is 7.87. The molecule has 1 rings (SSSR count). The van der Waals surface area contributed by atoms with E-state index >= 15 is 0 Å². The highest BCUT2D eigenvalue weighted by Crippen LogP contribution is 2.08. The fourth-order valence-corrected chi connectivity index (χ4v) is 1.03. The van der Waals surface area contributed by atoms with E-state index in [-0.39, 0.29) is 11.7 Å². The molecule has 0 saturated heterocycles. The average molecular weight is 182 g/mol. The van der Waals surface area contributed by atoms with E-state index in [4.69, 9.17) is 5.73 Å². The summed E-state index contributed by atoms with van der Waals surface area (Å²) in [6.07, 6.45) is 1.65. The number of rotatable bonds is 3. The zero-order chi connectivity index (χ0) is 9.84. The van der Waals surface area contributed by atoms with Gasteiger partial charge in [0, 0.05) is 19.3 Å². The van der Waals surface area contributed by atoms with Crippen LogP contribution in [-0.2, 0) is 6.54 Å². The van der Waals surface area contributed by atoms with Crippen LogP contribution in [0.25, 0.3) is 0 Å². The average Bonchev–Trinajstić information content (AvgIpc) is 2.47. The summed E-state index contributed by atoms with van der Waals surface area (Å²) in [5, 5.41) is 6.63. The molecule has 5 heteroatoms. The summed E-state index contributed by atoms with van der Waals surface area (Å²) in [6.45, 7) is 5.10. The molecule has 0 aliphatic rings. The first kappa shape index (κ1) is 9.57. The zero-order valence-corrected chi connectivity index (χ0v) is 7.87. The van der Waals surface area contributed by atoms with E-state index in [1.165, 1.54) is 0 Å². The Balaban J connectivity index is 2.87. The smallest absolute Gasteiger partial charge is 0.256 e. The fraction of sp³-hybridized carbons (Fsp3) is 0.500. The van der Waals surface area contributed by atoms with Crippen molar-refractivity contribution < 1.29 is 4.79 Å². The van der Waals surface area contributed by atoms with Crippen LogP contribution in [0.2, 0.25) is 0 Å². The maximum Gasteiger partial charge on any atom is 0.256 e. The van der Waals surface area contributed by atoms with Crippen LogP contribution in [0.4, 0.5) is 5.82 Å². The first-order valence-electron chi connectivity index (χ1n) is 4.30. The van der Waals surface area contributed by atoms with Gasteiger partial charge in [0.2, 0.25) is 0 Å². The normalized spacial score (nSPS) is 10.0. The van der Waals surface area contributed by atoms with Gasteiger partial charge in [-0.3, -0.25) is 9.48 Å². The predicted octanol–water partition coefficient (Wildman–Crippen LogP) is 0.235. The van der Waals surface area contributed by atoms with E-state index in [0.717, 1.165) is 0 Å². The molecule has 72 valence electrons. The lowest BCUT2D eigenvalue weighted by Crippen LogP contribution is -2.23. The van der Waals surface area contributed by atoms with Gasteiger partial charge in [-0.2, -0.15) is 5.10 Å². The molecule has 13 heavy (non-hydrogen) atoms. The van der Waals surface area contributed by atoms with Crippen molar-refractivity contribution in [2.45, 2.75) is 20.4 Å². The summed E-state index contributed by atoms with van der Waals surface area (Å²) in [5.74, 6) is 0.118. The van der Waals surface area contributed by atoms with Crippen molar-refractivity contribution in [1.82, 2.24) is 15.1 Å². The molecule has 5 nitrogen and oxygen atoms in total. The Morgan fingerprint density at radius 3 is 2.85 bits per heavy atom. The molecule has 0 aliphatic carbocycles. The minimum absolute atomic E-state index is 0.167. The Morgan fingerprint density at radius 1 is 1.69 bits per heavy atom. The second-order valence-corrected chi connectivity index (χ2v) is 2.64. The van der Waals surface area contributed by atoms with Gasteiger partial charge in [0.05, 0.1) is 0 Å². The summed E-state index contributed by atoms with van der Waals surface area (Å²) in [4.78, 5) is 11.4. The number of hydrogen-bond acceptors (Lipinski definition) is 3. The summed E-state index contributed by atoms with van der Waals surface area (Å²) in [7, 11) is 0. The molecule has 0 spiro atoms. The molecular formula is C8H14N4O. The van der Waals surface area contributed by atoms with E-state index in [9.17, 15) is 4.79 Å². The van der Waals surface area contributed by atoms with Gasteiger partial charge < -0.3 is 11.1 Å². The number of nitrogen functional groups attached to an aromatic ring is 1. The third kappa shape index (κ3) is 1.99. The monoisotopic (exact) mass is 182 g/mol. The van der Waals surface area contributed by atoms with E-state index in [1.807, 2.05) is 13.8 Å². The van der Waals surface area contributed by atoms with E-state index in [1.54, 1.807) is 10.9 Å². The van der Waals surface area contributed by atoms with Crippen molar-refractivity contribution >= 4 is 11.7 Å².